The van der Waals surface area contributed by atoms with Crippen LogP contribution in [-0.2, 0) is 14.8 Å². The van der Waals surface area contributed by atoms with Crippen molar-refractivity contribution in [1.82, 2.24) is 9.21 Å². The molecule has 3 rings (SSSR count). The molecule has 1 fully saturated rings. The van der Waals surface area contributed by atoms with Crippen molar-refractivity contribution in [2.75, 3.05) is 38.0 Å². The number of benzene rings is 2. The smallest absolute Gasteiger partial charge is 0.243 e. The maximum Gasteiger partial charge on any atom is 0.243 e. The summed E-state index contributed by atoms with van der Waals surface area (Å²) in [6.45, 7) is 7.48. The molecule has 2 aromatic rings. The number of nitrogens with zero attached hydrogens (tertiary/aromatic N) is 2. The Morgan fingerprint density at radius 3 is 2.03 bits per heavy atom. The number of ketones is 1. The van der Waals surface area contributed by atoms with Gasteiger partial charge in [0, 0.05) is 37.4 Å². The predicted octanol–water partition coefficient (Wildman–Crippen LogP) is 2.96. The third-order valence-electron chi connectivity index (χ3n) is 5.46. The second kappa shape index (κ2) is 9.72. The first kappa shape index (κ1) is 23.1. The van der Waals surface area contributed by atoms with E-state index in [9.17, 15) is 18.0 Å². The fraction of sp³-hybridized carbons (Fsp3) is 0.391. The summed E-state index contributed by atoms with van der Waals surface area (Å²) in [6, 6.07) is 13.8. The molecule has 0 aromatic heterocycles. The van der Waals surface area contributed by atoms with Crippen molar-refractivity contribution < 1.29 is 18.0 Å². The zero-order valence-corrected chi connectivity index (χ0v) is 19.0. The molecule has 1 aliphatic heterocycles. The molecule has 31 heavy (non-hydrogen) atoms. The Labute approximate surface area is 184 Å². The Bertz CT molecular complexity index is 1020. The normalized spacial score (nSPS) is 15.7. The molecule has 1 amide bonds. The summed E-state index contributed by atoms with van der Waals surface area (Å²) in [5, 5.41) is 2.81. The van der Waals surface area contributed by atoms with Crippen molar-refractivity contribution in [3.05, 3.63) is 59.7 Å². The van der Waals surface area contributed by atoms with E-state index in [1.165, 1.54) is 11.2 Å². The highest BCUT2D eigenvalue weighted by atomic mass is 32.2. The first-order chi connectivity index (χ1) is 14.7. The van der Waals surface area contributed by atoms with Crippen LogP contribution in [0.25, 0.3) is 0 Å². The number of hydrogen-bond acceptors (Lipinski definition) is 5. The van der Waals surface area contributed by atoms with E-state index in [0.29, 0.717) is 48.2 Å². The Hall–Kier alpha value is -2.55. The summed E-state index contributed by atoms with van der Waals surface area (Å²) in [4.78, 5) is 25.9. The molecule has 0 spiro atoms. The van der Waals surface area contributed by atoms with E-state index in [0.717, 1.165) is 5.56 Å². The fourth-order valence-electron chi connectivity index (χ4n) is 3.49. The number of carbonyl (C=O) groups excluding carboxylic acids is 2. The van der Waals surface area contributed by atoms with Crippen LogP contribution in [-0.4, -0.2) is 62.0 Å². The Balaban J connectivity index is 1.52. The van der Waals surface area contributed by atoms with E-state index in [-0.39, 0.29) is 18.2 Å². The highest BCUT2D eigenvalue weighted by molar-refractivity contribution is 7.89. The lowest BCUT2D eigenvalue weighted by Crippen LogP contribution is -2.50. The van der Waals surface area contributed by atoms with Crippen molar-refractivity contribution in [3.8, 4) is 0 Å². The van der Waals surface area contributed by atoms with Crippen LogP contribution in [0.4, 0.5) is 5.69 Å². The number of carbonyl (C=O) groups is 2. The first-order valence-corrected chi connectivity index (χ1v) is 11.8. The standard InChI is InChI=1S/C23H29N3O4S/c1-17(2)19-6-10-22(11-7-19)31(29,30)26-14-12-25(13-15-26)16-23(28)24-21-8-4-20(5-9-21)18(3)27/h4-11,17H,12-16H2,1-3H3,(H,24,28). The van der Waals surface area contributed by atoms with E-state index in [1.54, 1.807) is 36.4 Å². The summed E-state index contributed by atoms with van der Waals surface area (Å²) >= 11 is 0. The predicted molar refractivity (Wildman–Crippen MR) is 121 cm³/mol. The van der Waals surface area contributed by atoms with Crippen LogP contribution < -0.4 is 5.32 Å². The third-order valence-corrected chi connectivity index (χ3v) is 7.37. The number of hydrogen-bond donors (Lipinski definition) is 1. The minimum Gasteiger partial charge on any atom is -0.325 e. The molecule has 7 nitrogen and oxygen atoms in total. The van der Waals surface area contributed by atoms with Gasteiger partial charge in [-0.1, -0.05) is 26.0 Å². The van der Waals surface area contributed by atoms with Gasteiger partial charge >= 0.3 is 0 Å². The molecule has 0 atom stereocenters. The summed E-state index contributed by atoms with van der Waals surface area (Å²) in [5.74, 6) is 0.149. The molecule has 166 valence electrons. The van der Waals surface area contributed by atoms with E-state index in [1.807, 2.05) is 17.0 Å². The molecule has 8 heteroatoms. The molecular weight excluding hydrogens is 414 g/mol. The number of sulfonamides is 1. The Kier molecular flexibility index (Phi) is 7.25. The van der Waals surface area contributed by atoms with Gasteiger partial charge in [0.25, 0.3) is 0 Å². The van der Waals surface area contributed by atoms with Crippen LogP contribution in [0.5, 0.6) is 0 Å². The molecule has 1 heterocycles. The molecule has 1 saturated heterocycles. The molecular formula is C23H29N3O4S. The highest BCUT2D eigenvalue weighted by Crippen LogP contribution is 2.21. The minimum absolute atomic E-state index is 0.0263. The number of piperazine rings is 1. The second-order valence-electron chi connectivity index (χ2n) is 8.09. The van der Waals surface area contributed by atoms with Gasteiger partial charge < -0.3 is 5.32 Å². The minimum atomic E-state index is -3.54. The lowest BCUT2D eigenvalue weighted by molar-refractivity contribution is -0.117. The SMILES string of the molecule is CC(=O)c1ccc(NC(=O)CN2CCN(S(=O)(=O)c3ccc(C(C)C)cc3)CC2)cc1. The van der Waals surface area contributed by atoms with Gasteiger partial charge in [-0.15, -0.1) is 0 Å². The van der Waals surface area contributed by atoms with Crippen LogP contribution in [0, 0.1) is 0 Å². The van der Waals surface area contributed by atoms with Crippen molar-refractivity contribution in [2.45, 2.75) is 31.6 Å². The van der Waals surface area contributed by atoms with Crippen molar-refractivity contribution in [2.24, 2.45) is 0 Å². The molecule has 0 saturated carbocycles. The summed E-state index contributed by atoms with van der Waals surface area (Å²) in [7, 11) is -3.54. The molecule has 0 aliphatic carbocycles. The molecule has 2 aromatic carbocycles. The summed E-state index contributed by atoms with van der Waals surface area (Å²) in [6.07, 6.45) is 0. The Morgan fingerprint density at radius 2 is 1.52 bits per heavy atom. The summed E-state index contributed by atoms with van der Waals surface area (Å²) < 4.78 is 27.3. The monoisotopic (exact) mass is 443 g/mol. The molecule has 1 N–H and O–H groups in total. The third kappa shape index (κ3) is 5.78. The summed E-state index contributed by atoms with van der Waals surface area (Å²) in [5.41, 5.74) is 2.32. The number of anilines is 1. The largest absolute Gasteiger partial charge is 0.325 e. The number of amides is 1. The first-order valence-electron chi connectivity index (χ1n) is 10.4. The van der Waals surface area contributed by atoms with Crippen molar-refractivity contribution in [1.29, 1.82) is 0 Å². The van der Waals surface area contributed by atoms with Gasteiger partial charge in [0.15, 0.2) is 5.78 Å². The van der Waals surface area contributed by atoms with Gasteiger partial charge in [0.2, 0.25) is 15.9 Å². The van der Waals surface area contributed by atoms with Gasteiger partial charge in [-0.2, -0.15) is 4.31 Å². The topological polar surface area (TPSA) is 86.8 Å². The van der Waals surface area contributed by atoms with Crippen LogP contribution in [0.1, 0.15) is 42.6 Å². The van der Waals surface area contributed by atoms with Crippen molar-refractivity contribution in [3.63, 3.8) is 0 Å². The maximum atomic E-state index is 12.9. The van der Waals surface area contributed by atoms with Gasteiger partial charge in [0.05, 0.1) is 11.4 Å². The van der Waals surface area contributed by atoms with E-state index >= 15 is 0 Å². The lowest BCUT2D eigenvalue weighted by Gasteiger charge is -2.33. The average molecular weight is 444 g/mol. The van der Waals surface area contributed by atoms with Gasteiger partial charge in [0.1, 0.15) is 0 Å². The highest BCUT2D eigenvalue weighted by Gasteiger charge is 2.29. The Morgan fingerprint density at radius 1 is 0.935 bits per heavy atom. The molecule has 0 bridgehead atoms. The molecule has 1 aliphatic rings. The van der Waals surface area contributed by atoms with Gasteiger partial charge in [-0.3, -0.25) is 14.5 Å². The fourth-order valence-corrected chi connectivity index (χ4v) is 4.92. The van der Waals surface area contributed by atoms with Crippen LogP contribution in [0.3, 0.4) is 0 Å². The van der Waals surface area contributed by atoms with Gasteiger partial charge in [-0.05, 0) is 54.8 Å². The van der Waals surface area contributed by atoms with Crippen LogP contribution >= 0.6 is 0 Å². The van der Waals surface area contributed by atoms with E-state index in [4.69, 9.17) is 0 Å². The second-order valence-corrected chi connectivity index (χ2v) is 10.0. The average Bonchev–Trinajstić information content (AvgIpc) is 2.74. The van der Waals surface area contributed by atoms with Crippen LogP contribution in [0.15, 0.2) is 53.4 Å². The quantitative estimate of drug-likeness (QED) is 0.665. The van der Waals surface area contributed by atoms with E-state index in [2.05, 4.69) is 19.2 Å². The maximum absolute atomic E-state index is 12.9. The zero-order valence-electron chi connectivity index (χ0n) is 18.2. The zero-order chi connectivity index (χ0) is 22.6. The van der Waals surface area contributed by atoms with Crippen LogP contribution in [0.2, 0.25) is 0 Å². The number of rotatable bonds is 7. The lowest BCUT2D eigenvalue weighted by atomic mass is 10.0. The van der Waals surface area contributed by atoms with Gasteiger partial charge in [-0.25, -0.2) is 8.42 Å². The number of Topliss-reactive ketones (excluding diaryl/α,β-unsaturated/α-hetero) is 1. The number of nitrogens with one attached hydrogen (secondary N) is 1. The molecule has 0 unspecified atom stereocenters. The molecule has 0 radical (unpaired) electrons. The van der Waals surface area contributed by atoms with Crippen molar-refractivity contribution >= 4 is 27.4 Å². The van der Waals surface area contributed by atoms with E-state index < -0.39 is 10.0 Å².